The third-order valence-electron chi connectivity index (χ3n) is 0.947. The molecule has 4 nitrogen and oxygen atoms in total. The first kappa shape index (κ1) is 9.84. The molecular weight excluding hydrogens is 132 g/mol. The van der Waals surface area contributed by atoms with Crippen LogP contribution in [0.5, 0.6) is 0 Å². The highest BCUT2D eigenvalue weighted by Crippen LogP contribution is 1.83. The molecule has 0 bridgehead atoms. The highest BCUT2D eigenvalue weighted by Gasteiger charge is 1.86. The Labute approximate surface area is 61.4 Å². The van der Waals surface area contributed by atoms with Crippen molar-refractivity contribution in [2.45, 2.75) is 12.8 Å². The molecular formula is C6H16N2O2. The third kappa shape index (κ3) is 7.84. The summed E-state index contributed by atoms with van der Waals surface area (Å²) in [5, 5.41) is 0. The Morgan fingerprint density at radius 3 is 1.50 bits per heavy atom. The van der Waals surface area contributed by atoms with Gasteiger partial charge in [-0.05, 0) is 25.9 Å². The molecule has 0 aromatic rings. The molecule has 62 valence electrons. The molecule has 0 fully saturated rings. The first-order valence-corrected chi connectivity index (χ1v) is 3.56. The van der Waals surface area contributed by atoms with E-state index in [1.165, 1.54) is 0 Å². The van der Waals surface area contributed by atoms with Gasteiger partial charge in [-0.25, -0.2) is 9.78 Å². The summed E-state index contributed by atoms with van der Waals surface area (Å²) in [5.74, 6) is 0. The summed E-state index contributed by atoms with van der Waals surface area (Å²) >= 11 is 0. The van der Waals surface area contributed by atoms with Gasteiger partial charge in [0.25, 0.3) is 0 Å². The molecule has 0 amide bonds. The molecule has 4 N–H and O–H groups in total. The van der Waals surface area contributed by atoms with E-state index >= 15 is 0 Å². The molecule has 0 aromatic heterocycles. The van der Waals surface area contributed by atoms with Gasteiger partial charge in [-0.3, -0.25) is 0 Å². The summed E-state index contributed by atoms with van der Waals surface area (Å²) in [6.45, 7) is 2.42. The van der Waals surface area contributed by atoms with Crippen LogP contribution in [0.25, 0.3) is 0 Å². The molecule has 0 heterocycles. The maximum Gasteiger partial charge on any atom is 0.0834 e. The lowest BCUT2D eigenvalue weighted by Gasteiger charge is -2.00. The van der Waals surface area contributed by atoms with Crippen LogP contribution < -0.4 is 11.5 Å². The topological polar surface area (TPSA) is 70.5 Å². The van der Waals surface area contributed by atoms with Gasteiger partial charge in [0.1, 0.15) is 0 Å². The quantitative estimate of drug-likeness (QED) is 0.293. The molecule has 4 heteroatoms. The van der Waals surface area contributed by atoms with Crippen molar-refractivity contribution in [3.05, 3.63) is 0 Å². The molecule has 0 saturated carbocycles. The predicted molar refractivity (Wildman–Crippen MR) is 39.2 cm³/mol. The van der Waals surface area contributed by atoms with Gasteiger partial charge in [0.05, 0.1) is 13.2 Å². The molecule has 0 aromatic carbocycles. The highest BCUT2D eigenvalue weighted by molar-refractivity contribution is 4.33. The summed E-state index contributed by atoms with van der Waals surface area (Å²) < 4.78 is 0. The number of nitrogens with two attached hydrogens (primary N) is 2. The van der Waals surface area contributed by atoms with Crippen LogP contribution in [0.3, 0.4) is 0 Å². The van der Waals surface area contributed by atoms with Crippen LogP contribution in [0.4, 0.5) is 0 Å². The van der Waals surface area contributed by atoms with Crippen LogP contribution in [0.2, 0.25) is 0 Å². The summed E-state index contributed by atoms with van der Waals surface area (Å²) in [7, 11) is 0. The zero-order valence-corrected chi connectivity index (χ0v) is 6.21. The second-order valence-electron chi connectivity index (χ2n) is 1.93. The molecule has 10 heavy (non-hydrogen) atoms. The lowest BCUT2D eigenvalue weighted by atomic mass is 10.5. The fourth-order valence-electron chi connectivity index (χ4n) is 0.402. The van der Waals surface area contributed by atoms with Gasteiger partial charge in [0.15, 0.2) is 0 Å². The van der Waals surface area contributed by atoms with Crippen LogP contribution in [-0.4, -0.2) is 26.3 Å². The van der Waals surface area contributed by atoms with Crippen molar-refractivity contribution in [2.75, 3.05) is 26.3 Å². The van der Waals surface area contributed by atoms with Gasteiger partial charge in [-0.15, -0.1) is 0 Å². The van der Waals surface area contributed by atoms with Crippen molar-refractivity contribution in [2.24, 2.45) is 11.5 Å². The van der Waals surface area contributed by atoms with E-state index in [9.17, 15) is 0 Å². The number of rotatable bonds is 7. The average molecular weight is 148 g/mol. The second-order valence-corrected chi connectivity index (χ2v) is 1.93. The molecule has 0 atom stereocenters. The van der Waals surface area contributed by atoms with Gasteiger partial charge < -0.3 is 11.5 Å². The van der Waals surface area contributed by atoms with Crippen molar-refractivity contribution in [1.82, 2.24) is 0 Å². The van der Waals surface area contributed by atoms with Crippen LogP contribution in [0, 0.1) is 0 Å². The minimum absolute atomic E-state index is 0.571. The molecule has 0 radical (unpaired) electrons. The van der Waals surface area contributed by atoms with Crippen LogP contribution >= 0.6 is 0 Å². The van der Waals surface area contributed by atoms with Gasteiger partial charge in [0.2, 0.25) is 0 Å². The van der Waals surface area contributed by atoms with E-state index in [0.717, 1.165) is 12.8 Å². The summed E-state index contributed by atoms with van der Waals surface area (Å²) in [5.41, 5.74) is 10.4. The Balaban J connectivity index is 2.65. The van der Waals surface area contributed by atoms with E-state index in [1.807, 2.05) is 0 Å². The maximum atomic E-state index is 5.21. The average Bonchev–Trinajstić information content (AvgIpc) is 1.97. The van der Waals surface area contributed by atoms with Crippen molar-refractivity contribution in [3.63, 3.8) is 0 Å². The van der Waals surface area contributed by atoms with E-state index in [-0.39, 0.29) is 0 Å². The lowest BCUT2D eigenvalue weighted by Crippen LogP contribution is -2.07. The summed E-state index contributed by atoms with van der Waals surface area (Å²) in [6.07, 6.45) is 1.67. The van der Waals surface area contributed by atoms with Gasteiger partial charge >= 0.3 is 0 Å². The monoisotopic (exact) mass is 148 g/mol. The molecule has 0 aliphatic rings. The predicted octanol–water partition coefficient (Wildman–Crippen LogP) is -0.368. The largest absolute Gasteiger partial charge is 0.330 e. The minimum atomic E-state index is 0.571. The van der Waals surface area contributed by atoms with E-state index in [4.69, 9.17) is 21.2 Å². The number of hydrogen-bond acceptors (Lipinski definition) is 4. The van der Waals surface area contributed by atoms with E-state index in [0.29, 0.717) is 26.3 Å². The first-order valence-electron chi connectivity index (χ1n) is 3.56. The standard InChI is InChI=1S/C6H16N2O2/c7-3-1-5-9-10-6-2-4-8/h1-8H2. The molecule has 0 rings (SSSR count). The number of hydrogen-bond donors (Lipinski definition) is 2. The smallest absolute Gasteiger partial charge is 0.0834 e. The molecule has 0 aliphatic heterocycles. The van der Waals surface area contributed by atoms with E-state index in [1.54, 1.807) is 0 Å². The maximum absolute atomic E-state index is 5.21. The zero-order chi connectivity index (χ0) is 7.66. The molecule has 0 spiro atoms. The third-order valence-corrected chi connectivity index (χ3v) is 0.947. The Morgan fingerprint density at radius 1 is 0.800 bits per heavy atom. The van der Waals surface area contributed by atoms with Crippen LogP contribution in [0.1, 0.15) is 12.8 Å². The zero-order valence-electron chi connectivity index (χ0n) is 6.21. The van der Waals surface area contributed by atoms with Crippen molar-refractivity contribution >= 4 is 0 Å². The van der Waals surface area contributed by atoms with Crippen molar-refractivity contribution < 1.29 is 9.78 Å². The SMILES string of the molecule is NCCCOOCCCN. The Hall–Kier alpha value is -0.160. The second kappa shape index (κ2) is 8.84. The van der Waals surface area contributed by atoms with Crippen LogP contribution in [0.15, 0.2) is 0 Å². The van der Waals surface area contributed by atoms with Crippen molar-refractivity contribution in [3.8, 4) is 0 Å². The van der Waals surface area contributed by atoms with Gasteiger partial charge in [-0.1, -0.05) is 0 Å². The van der Waals surface area contributed by atoms with Crippen molar-refractivity contribution in [1.29, 1.82) is 0 Å². The molecule has 0 unspecified atom stereocenters. The lowest BCUT2D eigenvalue weighted by molar-refractivity contribution is -0.294. The summed E-state index contributed by atoms with van der Waals surface area (Å²) in [6, 6.07) is 0. The fourth-order valence-corrected chi connectivity index (χ4v) is 0.402. The Bertz CT molecular complexity index is 53.7. The minimum Gasteiger partial charge on any atom is -0.330 e. The Morgan fingerprint density at radius 2 is 1.20 bits per heavy atom. The first-order chi connectivity index (χ1) is 4.91. The highest BCUT2D eigenvalue weighted by atomic mass is 17.2. The molecule has 0 saturated heterocycles. The Kier molecular flexibility index (Phi) is 8.70. The van der Waals surface area contributed by atoms with E-state index < -0.39 is 0 Å². The molecule has 0 aliphatic carbocycles. The van der Waals surface area contributed by atoms with Gasteiger partial charge in [-0.2, -0.15) is 0 Å². The normalized spacial score (nSPS) is 10.2. The van der Waals surface area contributed by atoms with E-state index in [2.05, 4.69) is 0 Å². The van der Waals surface area contributed by atoms with Gasteiger partial charge in [0, 0.05) is 0 Å². The fraction of sp³-hybridized carbons (Fsp3) is 1.00. The van der Waals surface area contributed by atoms with Crippen LogP contribution in [-0.2, 0) is 9.78 Å². The summed E-state index contributed by atoms with van der Waals surface area (Å²) in [4.78, 5) is 9.48.